The maximum absolute atomic E-state index is 11.3. The van der Waals surface area contributed by atoms with Crippen molar-refractivity contribution in [3.8, 4) is 0 Å². The van der Waals surface area contributed by atoms with Crippen molar-refractivity contribution < 1.29 is 9.90 Å². The van der Waals surface area contributed by atoms with Crippen LogP contribution in [0.15, 0.2) is 24.3 Å². The van der Waals surface area contributed by atoms with E-state index in [4.69, 9.17) is 11.6 Å². The first-order valence-corrected chi connectivity index (χ1v) is 5.13. The van der Waals surface area contributed by atoms with Gasteiger partial charge in [0.1, 0.15) is 5.54 Å². The third-order valence-corrected chi connectivity index (χ3v) is 2.91. The molecule has 1 aromatic rings. The van der Waals surface area contributed by atoms with E-state index in [0.29, 0.717) is 17.0 Å². The van der Waals surface area contributed by atoms with Gasteiger partial charge < -0.3 is 10.4 Å². The van der Waals surface area contributed by atoms with Gasteiger partial charge in [0.05, 0.1) is 0 Å². The van der Waals surface area contributed by atoms with Crippen LogP contribution in [0.5, 0.6) is 0 Å². The molecule has 1 aromatic carbocycles. The van der Waals surface area contributed by atoms with Crippen molar-refractivity contribution in [1.82, 2.24) is 5.32 Å². The zero-order valence-corrected chi connectivity index (χ0v) is 9.51. The summed E-state index contributed by atoms with van der Waals surface area (Å²) in [7, 11) is 1.65. The number of halogens is 1. The fourth-order valence-corrected chi connectivity index (χ4v) is 1.77. The van der Waals surface area contributed by atoms with E-state index in [2.05, 4.69) is 5.32 Å². The summed E-state index contributed by atoms with van der Waals surface area (Å²) in [6.45, 7) is 1.83. The molecule has 3 nitrogen and oxygen atoms in total. The van der Waals surface area contributed by atoms with Gasteiger partial charge in [0, 0.05) is 5.02 Å². The maximum Gasteiger partial charge on any atom is 0.328 e. The van der Waals surface area contributed by atoms with Gasteiger partial charge in [0.2, 0.25) is 0 Å². The quantitative estimate of drug-likeness (QED) is 0.830. The largest absolute Gasteiger partial charge is 0.480 e. The highest BCUT2D eigenvalue weighted by atomic mass is 35.5. The Morgan fingerprint density at radius 1 is 1.47 bits per heavy atom. The molecule has 4 heteroatoms. The van der Waals surface area contributed by atoms with Crippen LogP contribution in [0, 0.1) is 0 Å². The number of nitrogens with one attached hydrogen (secondary N) is 1. The number of likely N-dealkylation sites (N-methyl/N-ethyl adjacent to an activating group) is 1. The van der Waals surface area contributed by atoms with Crippen molar-refractivity contribution >= 4 is 17.6 Å². The summed E-state index contributed by atoms with van der Waals surface area (Å²) in [6.07, 6.45) is 0.473. The Balaban J connectivity index is 3.20. The molecule has 1 rings (SSSR count). The van der Waals surface area contributed by atoms with Gasteiger partial charge in [-0.2, -0.15) is 0 Å². The van der Waals surface area contributed by atoms with E-state index >= 15 is 0 Å². The van der Waals surface area contributed by atoms with Gasteiger partial charge in [-0.3, -0.25) is 0 Å². The van der Waals surface area contributed by atoms with E-state index < -0.39 is 11.5 Å². The highest BCUT2D eigenvalue weighted by Crippen LogP contribution is 2.26. The van der Waals surface area contributed by atoms with Crippen LogP contribution in [0.2, 0.25) is 5.02 Å². The van der Waals surface area contributed by atoms with Gasteiger partial charge in [-0.25, -0.2) is 4.79 Å². The number of aliphatic carboxylic acids is 1. The van der Waals surface area contributed by atoms with Crippen molar-refractivity contribution in [2.75, 3.05) is 7.05 Å². The molecule has 1 unspecified atom stereocenters. The Morgan fingerprint density at radius 3 is 2.33 bits per heavy atom. The molecular formula is C11H14ClNO2. The zero-order valence-electron chi connectivity index (χ0n) is 8.75. The zero-order chi connectivity index (χ0) is 11.5. The van der Waals surface area contributed by atoms with Crippen LogP contribution in [0.3, 0.4) is 0 Å². The fourth-order valence-electron chi connectivity index (χ4n) is 1.64. The van der Waals surface area contributed by atoms with Crippen LogP contribution >= 0.6 is 11.6 Å². The minimum atomic E-state index is -1.02. The highest BCUT2D eigenvalue weighted by Gasteiger charge is 2.36. The average Bonchev–Trinajstić information content (AvgIpc) is 2.22. The SMILES string of the molecule is CCC(NC)(C(=O)O)c1ccc(Cl)cc1. The summed E-state index contributed by atoms with van der Waals surface area (Å²) < 4.78 is 0. The molecular weight excluding hydrogens is 214 g/mol. The lowest BCUT2D eigenvalue weighted by molar-refractivity contribution is -0.145. The van der Waals surface area contributed by atoms with Crippen LogP contribution in [0.1, 0.15) is 18.9 Å². The van der Waals surface area contributed by atoms with Gasteiger partial charge in [0.15, 0.2) is 0 Å². The molecule has 82 valence electrons. The number of benzene rings is 1. The highest BCUT2D eigenvalue weighted by molar-refractivity contribution is 6.30. The summed E-state index contributed by atoms with van der Waals surface area (Å²) in [5, 5.41) is 12.7. The molecule has 15 heavy (non-hydrogen) atoms. The summed E-state index contributed by atoms with van der Waals surface area (Å²) in [5.74, 6) is -0.880. The van der Waals surface area contributed by atoms with Crippen LogP contribution in [-0.4, -0.2) is 18.1 Å². The van der Waals surface area contributed by atoms with Crippen LogP contribution in [-0.2, 0) is 10.3 Å². The van der Waals surface area contributed by atoms with Crippen LogP contribution < -0.4 is 5.32 Å². The molecule has 0 fully saturated rings. The second kappa shape index (κ2) is 4.64. The minimum Gasteiger partial charge on any atom is -0.480 e. The molecule has 0 aromatic heterocycles. The molecule has 0 saturated heterocycles. The Bertz CT molecular complexity index is 344. The molecule has 2 N–H and O–H groups in total. The van der Waals surface area contributed by atoms with Gasteiger partial charge >= 0.3 is 5.97 Å². The Hall–Kier alpha value is -1.06. The van der Waals surface area contributed by atoms with E-state index in [1.165, 1.54) is 0 Å². The number of carboxylic acid groups (broad SMARTS) is 1. The monoisotopic (exact) mass is 227 g/mol. The summed E-state index contributed by atoms with van der Waals surface area (Å²) in [6, 6.07) is 6.86. The molecule has 0 spiro atoms. The first-order chi connectivity index (χ1) is 7.06. The topological polar surface area (TPSA) is 49.3 Å². The van der Waals surface area contributed by atoms with Crippen molar-refractivity contribution in [3.63, 3.8) is 0 Å². The number of hydrogen-bond acceptors (Lipinski definition) is 2. The normalized spacial score (nSPS) is 14.6. The van der Waals surface area contributed by atoms with Crippen molar-refractivity contribution in [2.24, 2.45) is 0 Å². The predicted octanol–water partition coefficient (Wildman–Crippen LogP) is 2.25. The van der Waals surface area contributed by atoms with Crippen molar-refractivity contribution in [2.45, 2.75) is 18.9 Å². The second-order valence-electron chi connectivity index (χ2n) is 3.32. The number of hydrogen-bond donors (Lipinski definition) is 2. The van der Waals surface area contributed by atoms with E-state index in [-0.39, 0.29) is 0 Å². The first kappa shape index (κ1) is 12.0. The Kier molecular flexibility index (Phi) is 3.72. The molecule has 1 atom stereocenters. The van der Waals surface area contributed by atoms with Gasteiger partial charge in [0.25, 0.3) is 0 Å². The second-order valence-corrected chi connectivity index (χ2v) is 3.76. The summed E-state index contributed by atoms with van der Waals surface area (Å²) in [5.41, 5.74) is -0.311. The lowest BCUT2D eigenvalue weighted by atomic mass is 9.87. The third-order valence-electron chi connectivity index (χ3n) is 2.66. The first-order valence-electron chi connectivity index (χ1n) is 4.75. The minimum absolute atomic E-state index is 0.473. The summed E-state index contributed by atoms with van der Waals surface area (Å²) in [4.78, 5) is 11.3. The predicted molar refractivity (Wildman–Crippen MR) is 60.1 cm³/mol. The number of rotatable bonds is 4. The standard InChI is InChI=1S/C11H14ClNO2/c1-3-11(13-2,10(14)15)8-4-6-9(12)7-5-8/h4-7,13H,3H2,1-2H3,(H,14,15). The Morgan fingerprint density at radius 2 is 2.00 bits per heavy atom. The van der Waals surface area contributed by atoms with Gasteiger partial charge in [-0.1, -0.05) is 30.7 Å². The smallest absolute Gasteiger partial charge is 0.328 e. The molecule has 0 amide bonds. The van der Waals surface area contributed by atoms with E-state index in [1.807, 2.05) is 6.92 Å². The average molecular weight is 228 g/mol. The molecule has 0 radical (unpaired) electrons. The van der Waals surface area contributed by atoms with E-state index in [9.17, 15) is 9.90 Å². The third kappa shape index (κ3) is 2.13. The van der Waals surface area contributed by atoms with Gasteiger partial charge in [-0.15, -0.1) is 0 Å². The molecule has 0 heterocycles. The number of carboxylic acids is 1. The van der Waals surface area contributed by atoms with Crippen molar-refractivity contribution in [3.05, 3.63) is 34.9 Å². The molecule has 0 aliphatic carbocycles. The molecule has 0 aliphatic heterocycles. The fraction of sp³-hybridized carbons (Fsp3) is 0.364. The molecule has 0 saturated carbocycles. The lowest BCUT2D eigenvalue weighted by Crippen LogP contribution is -2.46. The summed E-state index contributed by atoms with van der Waals surface area (Å²) >= 11 is 5.76. The lowest BCUT2D eigenvalue weighted by Gasteiger charge is -2.28. The molecule has 0 aliphatic rings. The van der Waals surface area contributed by atoms with Crippen LogP contribution in [0.25, 0.3) is 0 Å². The van der Waals surface area contributed by atoms with Crippen molar-refractivity contribution in [1.29, 1.82) is 0 Å². The maximum atomic E-state index is 11.3. The van der Waals surface area contributed by atoms with E-state index in [1.54, 1.807) is 31.3 Å². The van der Waals surface area contributed by atoms with E-state index in [0.717, 1.165) is 0 Å². The van der Waals surface area contributed by atoms with Gasteiger partial charge in [-0.05, 0) is 31.2 Å². The number of carbonyl (C=O) groups is 1. The molecule has 0 bridgehead atoms. The Labute approximate surface area is 94.1 Å². The van der Waals surface area contributed by atoms with Crippen LogP contribution in [0.4, 0.5) is 0 Å².